The Morgan fingerprint density at radius 2 is 1.80 bits per heavy atom. The molecule has 0 bridgehead atoms. The quantitative estimate of drug-likeness (QED) is 0.927. The highest BCUT2D eigenvalue weighted by Crippen LogP contribution is 2.25. The van der Waals surface area contributed by atoms with Crippen LogP contribution in [0.25, 0.3) is 0 Å². The standard InChI is InChI=1S/C15H14F3NO/c1-9(19)12-7-11(16)3-5-15(12)20-8-10-2-4-13(17)14(18)6-10/h2-7,9H,8,19H2,1H3/t9-/m1/s1. The molecule has 2 rings (SSSR count). The zero-order chi connectivity index (χ0) is 14.7. The van der Waals surface area contributed by atoms with Crippen molar-refractivity contribution in [2.24, 2.45) is 5.73 Å². The van der Waals surface area contributed by atoms with Crippen molar-refractivity contribution in [1.82, 2.24) is 0 Å². The van der Waals surface area contributed by atoms with Gasteiger partial charge in [-0.05, 0) is 42.8 Å². The summed E-state index contributed by atoms with van der Waals surface area (Å²) in [4.78, 5) is 0. The molecule has 2 N–H and O–H groups in total. The first-order valence-corrected chi connectivity index (χ1v) is 6.09. The minimum atomic E-state index is -0.933. The van der Waals surface area contributed by atoms with Crippen molar-refractivity contribution in [3.05, 3.63) is 65.0 Å². The predicted octanol–water partition coefficient (Wildman–Crippen LogP) is 3.70. The summed E-state index contributed by atoms with van der Waals surface area (Å²) in [6, 6.07) is 7.14. The average molecular weight is 281 g/mol. The minimum absolute atomic E-state index is 0.0442. The number of halogens is 3. The van der Waals surface area contributed by atoms with Crippen molar-refractivity contribution in [3.63, 3.8) is 0 Å². The molecular weight excluding hydrogens is 267 g/mol. The van der Waals surface area contributed by atoms with Gasteiger partial charge in [0.15, 0.2) is 11.6 Å². The van der Waals surface area contributed by atoms with Crippen LogP contribution in [0.15, 0.2) is 36.4 Å². The van der Waals surface area contributed by atoms with Crippen molar-refractivity contribution >= 4 is 0 Å². The third-order valence-electron chi connectivity index (χ3n) is 2.84. The molecule has 2 nitrogen and oxygen atoms in total. The van der Waals surface area contributed by atoms with E-state index in [0.29, 0.717) is 16.9 Å². The van der Waals surface area contributed by atoms with Gasteiger partial charge < -0.3 is 10.5 Å². The number of hydrogen-bond acceptors (Lipinski definition) is 2. The van der Waals surface area contributed by atoms with Gasteiger partial charge in [0.2, 0.25) is 0 Å². The van der Waals surface area contributed by atoms with E-state index in [0.717, 1.165) is 12.1 Å². The minimum Gasteiger partial charge on any atom is -0.489 e. The molecule has 20 heavy (non-hydrogen) atoms. The molecule has 0 unspecified atom stereocenters. The van der Waals surface area contributed by atoms with Gasteiger partial charge in [0.05, 0.1) is 0 Å². The third-order valence-corrected chi connectivity index (χ3v) is 2.84. The molecule has 0 fully saturated rings. The molecule has 2 aromatic carbocycles. The van der Waals surface area contributed by atoms with Crippen LogP contribution in [0.2, 0.25) is 0 Å². The first kappa shape index (κ1) is 14.4. The van der Waals surface area contributed by atoms with E-state index in [9.17, 15) is 13.2 Å². The lowest BCUT2D eigenvalue weighted by Gasteiger charge is -2.14. The maximum Gasteiger partial charge on any atom is 0.159 e. The van der Waals surface area contributed by atoms with E-state index in [2.05, 4.69) is 0 Å². The van der Waals surface area contributed by atoms with Gasteiger partial charge >= 0.3 is 0 Å². The van der Waals surface area contributed by atoms with Crippen LogP contribution in [0, 0.1) is 17.5 Å². The van der Waals surface area contributed by atoms with Gasteiger partial charge in [-0.15, -0.1) is 0 Å². The van der Waals surface area contributed by atoms with E-state index in [1.54, 1.807) is 6.92 Å². The number of nitrogens with two attached hydrogens (primary N) is 1. The fourth-order valence-corrected chi connectivity index (χ4v) is 1.80. The van der Waals surface area contributed by atoms with Gasteiger partial charge in [-0.25, -0.2) is 13.2 Å². The number of ether oxygens (including phenoxy) is 1. The molecule has 0 heterocycles. The van der Waals surface area contributed by atoms with Crippen LogP contribution in [-0.4, -0.2) is 0 Å². The average Bonchev–Trinajstić information content (AvgIpc) is 2.41. The zero-order valence-electron chi connectivity index (χ0n) is 10.9. The van der Waals surface area contributed by atoms with E-state index >= 15 is 0 Å². The van der Waals surface area contributed by atoms with Crippen LogP contribution in [-0.2, 0) is 6.61 Å². The Bertz CT molecular complexity index is 614. The van der Waals surface area contributed by atoms with Crippen LogP contribution >= 0.6 is 0 Å². The normalized spacial score (nSPS) is 12.2. The monoisotopic (exact) mass is 281 g/mol. The summed E-state index contributed by atoms with van der Waals surface area (Å²) in [7, 11) is 0. The number of hydrogen-bond donors (Lipinski definition) is 1. The van der Waals surface area contributed by atoms with Gasteiger partial charge in [0.25, 0.3) is 0 Å². The number of benzene rings is 2. The molecule has 2 aromatic rings. The van der Waals surface area contributed by atoms with E-state index in [-0.39, 0.29) is 6.61 Å². The summed E-state index contributed by atoms with van der Waals surface area (Å²) in [6.45, 7) is 1.75. The lowest BCUT2D eigenvalue weighted by molar-refractivity contribution is 0.300. The van der Waals surface area contributed by atoms with Crippen molar-refractivity contribution in [2.75, 3.05) is 0 Å². The lowest BCUT2D eigenvalue weighted by atomic mass is 10.1. The SMILES string of the molecule is C[C@@H](N)c1cc(F)ccc1OCc1ccc(F)c(F)c1. The molecule has 106 valence electrons. The first-order valence-electron chi connectivity index (χ1n) is 6.09. The maximum absolute atomic E-state index is 13.2. The van der Waals surface area contributed by atoms with Gasteiger partial charge in [-0.3, -0.25) is 0 Å². The fraction of sp³-hybridized carbons (Fsp3) is 0.200. The number of rotatable bonds is 4. The molecule has 0 aliphatic rings. The zero-order valence-corrected chi connectivity index (χ0v) is 10.9. The van der Waals surface area contributed by atoms with Gasteiger partial charge in [0.1, 0.15) is 18.2 Å². The highest BCUT2D eigenvalue weighted by Gasteiger charge is 2.10. The maximum atomic E-state index is 13.2. The Balaban J connectivity index is 2.16. The molecular formula is C15H14F3NO. The molecule has 5 heteroatoms. The Labute approximate surface area is 115 Å². The molecule has 0 amide bonds. The molecule has 0 saturated carbocycles. The van der Waals surface area contributed by atoms with Crippen LogP contribution in [0.4, 0.5) is 13.2 Å². The largest absolute Gasteiger partial charge is 0.489 e. The molecule has 0 aliphatic heterocycles. The van der Waals surface area contributed by atoms with Crippen LogP contribution in [0.1, 0.15) is 24.1 Å². The van der Waals surface area contributed by atoms with Crippen LogP contribution in [0.5, 0.6) is 5.75 Å². The van der Waals surface area contributed by atoms with Crippen molar-refractivity contribution < 1.29 is 17.9 Å². The summed E-state index contributed by atoms with van der Waals surface area (Å²) in [6.07, 6.45) is 0. The third kappa shape index (κ3) is 3.30. The van der Waals surface area contributed by atoms with E-state index in [1.165, 1.54) is 24.3 Å². The Hall–Kier alpha value is -2.01. The molecule has 0 aliphatic carbocycles. The predicted molar refractivity (Wildman–Crippen MR) is 69.7 cm³/mol. The molecule has 0 aromatic heterocycles. The summed E-state index contributed by atoms with van der Waals surface area (Å²) >= 11 is 0. The second kappa shape index (κ2) is 5.96. The molecule has 0 saturated heterocycles. The highest BCUT2D eigenvalue weighted by atomic mass is 19.2. The van der Waals surface area contributed by atoms with Gasteiger partial charge in [0, 0.05) is 11.6 Å². The van der Waals surface area contributed by atoms with Gasteiger partial charge in [-0.2, -0.15) is 0 Å². The highest BCUT2D eigenvalue weighted by molar-refractivity contribution is 5.36. The van der Waals surface area contributed by atoms with Crippen LogP contribution < -0.4 is 10.5 Å². The van der Waals surface area contributed by atoms with Crippen molar-refractivity contribution in [1.29, 1.82) is 0 Å². The van der Waals surface area contributed by atoms with Crippen LogP contribution in [0.3, 0.4) is 0 Å². The Morgan fingerprint density at radius 1 is 1.05 bits per heavy atom. The summed E-state index contributed by atoms with van der Waals surface area (Å²) in [5.41, 5.74) is 6.74. The summed E-state index contributed by atoms with van der Waals surface area (Å²) in [5, 5.41) is 0. The van der Waals surface area contributed by atoms with Crippen molar-refractivity contribution in [3.8, 4) is 5.75 Å². The van der Waals surface area contributed by atoms with Crippen molar-refractivity contribution in [2.45, 2.75) is 19.6 Å². The lowest BCUT2D eigenvalue weighted by Crippen LogP contribution is -2.08. The second-order valence-electron chi connectivity index (χ2n) is 4.51. The Kier molecular flexibility index (Phi) is 4.29. The van der Waals surface area contributed by atoms with E-state index in [1.807, 2.05) is 0 Å². The topological polar surface area (TPSA) is 35.2 Å². The van der Waals surface area contributed by atoms with E-state index < -0.39 is 23.5 Å². The molecule has 0 spiro atoms. The summed E-state index contributed by atoms with van der Waals surface area (Å²) in [5.74, 6) is -1.83. The first-order chi connectivity index (χ1) is 9.47. The summed E-state index contributed by atoms with van der Waals surface area (Å²) < 4.78 is 44.5. The Morgan fingerprint density at radius 3 is 2.45 bits per heavy atom. The smallest absolute Gasteiger partial charge is 0.159 e. The molecule has 1 atom stereocenters. The van der Waals surface area contributed by atoms with Gasteiger partial charge in [-0.1, -0.05) is 6.07 Å². The van der Waals surface area contributed by atoms with E-state index in [4.69, 9.17) is 10.5 Å². The molecule has 0 radical (unpaired) electrons. The second-order valence-corrected chi connectivity index (χ2v) is 4.51. The fourth-order valence-electron chi connectivity index (χ4n) is 1.80.